The molecule has 100 valence electrons. The largest absolute Gasteiger partial charge is 0.330 e. The van der Waals surface area contributed by atoms with Gasteiger partial charge in [0.15, 0.2) is 0 Å². The zero-order valence-corrected chi connectivity index (χ0v) is 12.0. The second-order valence-corrected chi connectivity index (χ2v) is 7.10. The van der Waals surface area contributed by atoms with E-state index >= 15 is 0 Å². The molecule has 1 aliphatic carbocycles. The molecule has 1 N–H and O–H groups in total. The zero-order valence-electron chi connectivity index (χ0n) is 12.0. The van der Waals surface area contributed by atoms with E-state index in [1.54, 1.807) is 0 Å². The lowest BCUT2D eigenvalue weighted by Gasteiger charge is -2.20. The number of hydrogen-bond donors (Lipinski definition) is 1. The second kappa shape index (κ2) is 3.72. The summed E-state index contributed by atoms with van der Waals surface area (Å²) in [5.41, 5.74) is 4.80. The average Bonchev–Trinajstić information content (AvgIpc) is 2.77. The molecule has 0 aromatic heterocycles. The number of benzene rings is 1. The van der Waals surface area contributed by atoms with E-state index in [2.05, 4.69) is 50.9 Å². The van der Waals surface area contributed by atoms with E-state index in [0.717, 1.165) is 25.0 Å². The average molecular weight is 255 g/mol. The van der Waals surface area contributed by atoms with E-state index in [-0.39, 0.29) is 16.7 Å². The number of fused-ring (bicyclic) bond motifs is 1. The van der Waals surface area contributed by atoms with Crippen LogP contribution in [0.15, 0.2) is 30.5 Å². The molecule has 1 aliphatic heterocycles. The molecule has 1 fully saturated rings. The SMILES string of the molecule is C=C1CC2(Cc3ccc(C(C)(C)C)cc3C2)C(=O)N1. The molecule has 2 aliphatic rings. The Kier molecular flexibility index (Phi) is 2.44. The van der Waals surface area contributed by atoms with Gasteiger partial charge in [0.25, 0.3) is 0 Å². The Morgan fingerprint density at radius 2 is 1.84 bits per heavy atom. The van der Waals surface area contributed by atoms with Gasteiger partial charge in [-0.15, -0.1) is 0 Å². The van der Waals surface area contributed by atoms with Gasteiger partial charge in [-0.05, 0) is 34.9 Å². The van der Waals surface area contributed by atoms with Gasteiger partial charge >= 0.3 is 0 Å². The highest BCUT2D eigenvalue weighted by Gasteiger charge is 2.48. The van der Waals surface area contributed by atoms with Gasteiger partial charge < -0.3 is 5.32 Å². The van der Waals surface area contributed by atoms with Gasteiger partial charge in [0.1, 0.15) is 0 Å². The Balaban J connectivity index is 1.97. The van der Waals surface area contributed by atoms with Crippen LogP contribution in [-0.4, -0.2) is 5.91 Å². The summed E-state index contributed by atoms with van der Waals surface area (Å²) in [7, 11) is 0. The summed E-state index contributed by atoms with van der Waals surface area (Å²) in [4.78, 5) is 12.2. The van der Waals surface area contributed by atoms with E-state index < -0.39 is 0 Å². The number of carbonyl (C=O) groups is 1. The Hall–Kier alpha value is -1.57. The van der Waals surface area contributed by atoms with Crippen molar-refractivity contribution < 1.29 is 4.79 Å². The fraction of sp³-hybridized carbons (Fsp3) is 0.471. The van der Waals surface area contributed by atoms with E-state index in [1.165, 1.54) is 16.7 Å². The van der Waals surface area contributed by atoms with E-state index in [1.807, 2.05) is 0 Å². The molecule has 0 saturated carbocycles. The summed E-state index contributed by atoms with van der Waals surface area (Å²) in [6.07, 6.45) is 2.50. The second-order valence-electron chi connectivity index (χ2n) is 7.10. The van der Waals surface area contributed by atoms with Crippen molar-refractivity contribution in [1.82, 2.24) is 5.32 Å². The van der Waals surface area contributed by atoms with Gasteiger partial charge in [-0.2, -0.15) is 0 Å². The molecule has 1 aromatic rings. The highest BCUT2D eigenvalue weighted by atomic mass is 16.2. The third-order valence-corrected chi connectivity index (χ3v) is 4.45. The molecule has 1 atom stereocenters. The topological polar surface area (TPSA) is 29.1 Å². The van der Waals surface area contributed by atoms with Crippen LogP contribution in [0.3, 0.4) is 0 Å². The van der Waals surface area contributed by atoms with Gasteiger partial charge in [-0.25, -0.2) is 0 Å². The first-order valence-corrected chi connectivity index (χ1v) is 6.92. The summed E-state index contributed by atoms with van der Waals surface area (Å²) < 4.78 is 0. The van der Waals surface area contributed by atoms with Crippen LogP contribution < -0.4 is 5.32 Å². The Morgan fingerprint density at radius 1 is 1.16 bits per heavy atom. The summed E-state index contributed by atoms with van der Waals surface area (Å²) in [5.74, 6) is 0.158. The van der Waals surface area contributed by atoms with Gasteiger partial charge in [-0.1, -0.05) is 45.5 Å². The normalized spacial score (nSPS) is 25.8. The summed E-state index contributed by atoms with van der Waals surface area (Å²) >= 11 is 0. The minimum Gasteiger partial charge on any atom is -0.330 e. The number of hydrogen-bond acceptors (Lipinski definition) is 1. The molecule has 1 aromatic carbocycles. The molecular formula is C17H21NO. The van der Waals surface area contributed by atoms with Crippen molar-refractivity contribution in [1.29, 1.82) is 0 Å². The van der Waals surface area contributed by atoms with Crippen LogP contribution >= 0.6 is 0 Å². The van der Waals surface area contributed by atoms with Crippen molar-refractivity contribution in [3.8, 4) is 0 Å². The van der Waals surface area contributed by atoms with Gasteiger partial charge in [0.2, 0.25) is 5.91 Å². The lowest BCUT2D eigenvalue weighted by Crippen LogP contribution is -2.31. The quantitative estimate of drug-likeness (QED) is 0.758. The number of nitrogens with one attached hydrogen (secondary N) is 1. The first kappa shape index (κ1) is 12.5. The van der Waals surface area contributed by atoms with Crippen LogP contribution in [0.2, 0.25) is 0 Å². The standard InChI is InChI=1S/C17H21NO/c1-11-8-17(15(19)18-11)9-12-5-6-14(16(2,3)4)7-13(12)10-17/h5-7H,1,8-10H2,2-4H3,(H,18,19). The number of carbonyl (C=O) groups excluding carboxylic acids is 1. The fourth-order valence-corrected chi connectivity index (χ4v) is 3.33. The van der Waals surface area contributed by atoms with Gasteiger partial charge in [0, 0.05) is 12.1 Å². The Morgan fingerprint density at radius 3 is 2.42 bits per heavy atom. The molecule has 1 spiro atoms. The molecule has 1 saturated heterocycles. The maximum atomic E-state index is 12.2. The van der Waals surface area contributed by atoms with Crippen molar-refractivity contribution in [2.45, 2.75) is 45.4 Å². The van der Waals surface area contributed by atoms with Crippen molar-refractivity contribution in [3.05, 3.63) is 47.2 Å². The van der Waals surface area contributed by atoms with Crippen molar-refractivity contribution in [2.24, 2.45) is 5.41 Å². The molecule has 0 radical (unpaired) electrons. The maximum Gasteiger partial charge on any atom is 0.231 e. The van der Waals surface area contributed by atoms with Crippen LogP contribution in [-0.2, 0) is 23.1 Å². The first-order chi connectivity index (χ1) is 8.80. The highest BCUT2D eigenvalue weighted by Crippen LogP contribution is 2.45. The van der Waals surface area contributed by atoms with Crippen molar-refractivity contribution >= 4 is 5.91 Å². The molecule has 1 unspecified atom stereocenters. The molecule has 1 heterocycles. The molecular weight excluding hydrogens is 234 g/mol. The monoisotopic (exact) mass is 255 g/mol. The lowest BCUT2D eigenvalue weighted by atomic mass is 9.82. The smallest absolute Gasteiger partial charge is 0.231 e. The van der Waals surface area contributed by atoms with Gasteiger partial charge in [0.05, 0.1) is 5.41 Å². The summed E-state index contributed by atoms with van der Waals surface area (Å²) in [5, 5.41) is 2.90. The van der Waals surface area contributed by atoms with E-state index in [0.29, 0.717) is 0 Å². The molecule has 3 rings (SSSR count). The Bertz CT molecular complexity index is 579. The van der Waals surface area contributed by atoms with Crippen LogP contribution in [0, 0.1) is 5.41 Å². The van der Waals surface area contributed by atoms with Gasteiger partial charge in [-0.3, -0.25) is 4.79 Å². The maximum absolute atomic E-state index is 12.2. The first-order valence-electron chi connectivity index (χ1n) is 6.92. The minimum atomic E-state index is -0.254. The van der Waals surface area contributed by atoms with Crippen LogP contribution in [0.5, 0.6) is 0 Å². The molecule has 2 nitrogen and oxygen atoms in total. The third kappa shape index (κ3) is 1.90. The summed E-state index contributed by atoms with van der Waals surface area (Å²) in [6, 6.07) is 6.71. The summed E-state index contributed by atoms with van der Waals surface area (Å²) in [6.45, 7) is 10.6. The predicted octanol–water partition coefficient (Wildman–Crippen LogP) is 3.10. The van der Waals surface area contributed by atoms with E-state index in [9.17, 15) is 4.79 Å². The molecule has 19 heavy (non-hydrogen) atoms. The van der Waals surface area contributed by atoms with Crippen LogP contribution in [0.4, 0.5) is 0 Å². The third-order valence-electron chi connectivity index (χ3n) is 4.45. The number of amides is 1. The fourth-order valence-electron chi connectivity index (χ4n) is 3.33. The van der Waals surface area contributed by atoms with Crippen molar-refractivity contribution in [2.75, 3.05) is 0 Å². The van der Waals surface area contributed by atoms with E-state index in [4.69, 9.17) is 0 Å². The van der Waals surface area contributed by atoms with Crippen molar-refractivity contribution in [3.63, 3.8) is 0 Å². The number of allylic oxidation sites excluding steroid dienone is 1. The lowest BCUT2D eigenvalue weighted by molar-refractivity contribution is -0.127. The Labute approximate surface area is 114 Å². The number of rotatable bonds is 0. The minimum absolute atomic E-state index is 0.158. The molecule has 2 heteroatoms. The molecule has 1 amide bonds. The van der Waals surface area contributed by atoms with Crippen LogP contribution in [0.1, 0.15) is 43.9 Å². The van der Waals surface area contributed by atoms with Crippen LogP contribution in [0.25, 0.3) is 0 Å². The molecule has 0 bridgehead atoms. The predicted molar refractivity (Wildman–Crippen MR) is 76.9 cm³/mol. The highest BCUT2D eigenvalue weighted by molar-refractivity contribution is 5.89. The zero-order chi connectivity index (χ0) is 13.8.